The molecule has 0 aliphatic carbocycles. The number of halogens is 1. The molecule has 1 rings (SSSR count). The van der Waals surface area contributed by atoms with Crippen LogP contribution in [-0.4, -0.2) is 12.4 Å². The average molecular weight is 213 g/mol. The summed E-state index contributed by atoms with van der Waals surface area (Å²) < 4.78 is 5.24. The van der Waals surface area contributed by atoms with Crippen LogP contribution in [0.25, 0.3) is 0 Å². The van der Waals surface area contributed by atoms with E-state index in [2.05, 4.69) is 0 Å². The van der Waals surface area contributed by atoms with Gasteiger partial charge in [0.05, 0.1) is 7.11 Å². The van der Waals surface area contributed by atoms with Gasteiger partial charge in [0.15, 0.2) is 0 Å². The zero-order chi connectivity index (χ0) is 10.9. The number of rotatable bonds is 2. The number of carbonyl (C=O) groups is 1. The summed E-state index contributed by atoms with van der Waals surface area (Å²) in [6.07, 6.45) is 0. The van der Waals surface area contributed by atoms with Crippen LogP contribution in [0.5, 0.6) is 5.75 Å². The summed E-state index contributed by atoms with van der Waals surface area (Å²) >= 11 is 5.47. The van der Waals surface area contributed by atoms with Crippen LogP contribution >= 0.6 is 11.6 Å². The molecule has 3 heteroatoms. The third kappa shape index (κ3) is 1.75. The molecule has 2 nitrogen and oxygen atoms in total. The highest BCUT2D eigenvalue weighted by Gasteiger charge is 2.13. The first kappa shape index (κ1) is 11.1. The number of hydrogen-bond acceptors (Lipinski definition) is 2. The molecule has 0 spiro atoms. The Hall–Kier alpha value is -1.02. The summed E-state index contributed by atoms with van der Waals surface area (Å²) in [7, 11) is 1.62. The van der Waals surface area contributed by atoms with Crippen molar-refractivity contribution < 1.29 is 9.53 Å². The molecule has 0 fully saturated rings. The molecule has 0 saturated heterocycles. The third-order valence-electron chi connectivity index (χ3n) is 2.44. The van der Waals surface area contributed by atoms with Crippen molar-refractivity contribution in [2.45, 2.75) is 20.8 Å². The quantitative estimate of drug-likeness (QED) is 0.705. The van der Waals surface area contributed by atoms with Gasteiger partial charge in [0, 0.05) is 5.56 Å². The van der Waals surface area contributed by atoms with Gasteiger partial charge in [-0.05, 0) is 55.1 Å². The van der Waals surface area contributed by atoms with E-state index in [0.717, 1.165) is 22.4 Å². The third-order valence-corrected chi connectivity index (χ3v) is 2.65. The van der Waals surface area contributed by atoms with E-state index in [1.165, 1.54) is 0 Å². The standard InChI is InChI=1S/C11H13ClO2/c1-6-5-9(11(12)13)7(2)8(3)10(6)14-4/h5H,1-4H3. The summed E-state index contributed by atoms with van der Waals surface area (Å²) in [6.45, 7) is 5.69. The van der Waals surface area contributed by atoms with Crippen molar-refractivity contribution >= 4 is 16.8 Å². The number of ether oxygens (including phenoxy) is 1. The molecule has 14 heavy (non-hydrogen) atoms. The van der Waals surface area contributed by atoms with E-state index in [1.54, 1.807) is 13.2 Å². The second-order valence-corrected chi connectivity index (χ2v) is 3.64. The van der Waals surface area contributed by atoms with Crippen LogP contribution in [0.2, 0.25) is 0 Å². The lowest BCUT2D eigenvalue weighted by molar-refractivity contribution is 0.108. The summed E-state index contributed by atoms with van der Waals surface area (Å²) in [5.41, 5.74) is 3.34. The zero-order valence-corrected chi connectivity index (χ0v) is 9.53. The summed E-state index contributed by atoms with van der Waals surface area (Å²) in [4.78, 5) is 11.1. The van der Waals surface area contributed by atoms with Crippen molar-refractivity contribution in [3.05, 3.63) is 28.3 Å². The Morgan fingerprint density at radius 3 is 2.29 bits per heavy atom. The molecular formula is C11H13ClO2. The Morgan fingerprint density at radius 2 is 1.86 bits per heavy atom. The fraction of sp³-hybridized carbons (Fsp3) is 0.364. The van der Waals surface area contributed by atoms with Gasteiger partial charge in [-0.1, -0.05) is 0 Å². The van der Waals surface area contributed by atoms with Crippen LogP contribution in [0.4, 0.5) is 0 Å². The van der Waals surface area contributed by atoms with Crippen molar-refractivity contribution in [3.8, 4) is 5.75 Å². The van der Waals surface area contributed by atoms with Crippen LogP contribution in [0.15, 0.2) is 6.07 Å². The molecule has 0 unspecified atom stereocenters. The van der Waals surface area contributed by atoms with Crippen LogP contribution in [-0.2, 0) is 0 Å². The predicted molar refractivity (Wildman–Crippen MR) is 57.4 cm³/mol. The first-order chi connectivity index (χ1) is 6.49. The fourth-order valence-corrected chi connectivity index (χ4v) is 1.77. The lowest BCUT2D eigenvalue weighted by Crippen LogP contribution is -2.01. The summed E-state index contributed by atoms with van der Waals surface area (Å²) in [5.74, 6) is 0.823. The summed E-state index contributed by atoms with van der Waals surface area (Å²) in [5, 5.41) is -0.420. The normalized spacial score (nSPS) is 10.1. The maximum Gasteiger partial charge on any atom is 0.252 e. The molecule has 0 saturated carbocycles. The van der Waals surface area contributed by atoms with Gasteiger partial charge >= 0.3 is 0 Å². The van der Waals surface area contributed by atoms with E-state index in [4.69, 9.17) is 16.3 Å². The van der Waals surface area contributed by atoms with E-state index in [1.807, 2.05) is 20.8 Å². The van der Waals surface area contributed by atoms with Gasteiger partial charge in [0.1, 0.15) is 5.75 Å². The first-order valence-corrected chi connectivity index (χ1v) is 4.71. The van der Waals surface area contributed by atoms with Gasteiger partial charge in [0.2, 0.25) is 0 Å². The van der Waals surface area contributed by atoms with Crippen LogP contribution in [0.3, 0.4) is 0 Å². The van der Waals surface area contributed by atoms with Gasteiger partial charge < -0.3 is 4.74 Å². The number of aryl methyl sites for hydroxylation is 1. The monoisotopic (exact) mass is 212 g/mol. The molecule has 0 N–H and O–H groups in total. The highest BCUT2D eigenvalue weighted by Crippen LogP contribution is 2.29. The van der Waals surface area contributed by atoms with Crippen molar-refractivity contribution in [1.82, 2.24) is 0 Å². The molecule has 1 aromatic rings. The average Bonchev–Trinajstić information content (AvgIpc) is 2.12. The number of benzene rings is 1. The molecule has 0 aromatic heterocycles. The number of carbonyl (C=O) groups excluding carboxylic acids is 1. The highest BCUT2D eigenvalue weighted by atomic mass is 35.5. The number of methoxy groups -OCH3 is 1. The second-order valence-electron chi connectivity index (χ2n) is 3.30. The lowest BCUT2D eigenvalue weighted by Gasteiger charge is -2.13. The van der Waals surface area contributed by atoms with Gasteiger partial charge in [-0.3, -0.25) is 4.79 Å². The van der Waals surface area contributed by atoms with Gasteiger partial charge in [-0.25, -0.2) is 0 Å². The molecule has 1 aromatic carbocycles. The smallest absolute Gasteiger partial charge is 0.252 e. The highest BCUT2D eigenvalue weighted by molar-refractivity contribution is 6.68. The Balaban J connectivity index is 3.47. The Labute approximate surface area is 88.8 Å². The molecule has 76 valence electrons. The molecular weight excluding hydrogens is 200 g/mol. The number of hydrogen-bond donors (Lipinski definition) is 0. The first-order valence-electron chi connectivity index (χ1n) is 4.33. The van der Waals surface area contributed by atoms with E-state index in [0.29, 0.717) is 5.56 Å². The minimum atomic E-state index is -0.420. The van der Waals surface area contributed by atoms with Crippen LogP contribution in [0, 0.1) is 20.8 Å². The van der Waals surface area contributed by atoms with E-state index in [-0.39, 0.29) is 0 Å². The summed E-state index contributed by atoms with van der Waals surface area (Å²) in [6, 6.07) is 1.76. The van der Waals surface area contributed by atoms with Gasteiger partial charge in [-0.15, -0.1) is 0 Å². The van der Waals surface area contributed by atoms with Gasteiger partial charge in [-0.2, -0.15) is 0 Å². The van der Waals surface area contributed by atoms with Crippen molar-refractivity contribution in [1.29, 1.82) is 0 Å². The second kappa shape index (κ2) is 4.01. The van der Waals surface area contributed by atoms with E-state index >= 15 is 0 Å². The van der Waals surface area contributed by atoms with Crippen molar-refractivity contribution in [3.63, 3.8) is 0 Å². The Morgan fingerprint density at radius 1 is 1.29 bits per heavy atom. The predicted octanol–water partition coefficient (Wildman–Crippen LogP) is 3.00. The molecule has 0 aliphatic heterocycles. The van der Waals surface area contributed by atoms with Crippen molar-refractivity contribution in [2.75, 3.05) is 7.11 Å². The largest absolute Gasteiger partial charge is 0.496 e. The minimum Gasteiger partial charge on any atom is -0.496 e. The molecule has 0 radical (unpaired) electrons. The SMILES string of the molecule is COc1c(C)cc(C(=O)Cl)c(C)c1C. The maximum atomic E-state index is 11.1. The molecule has 0 atom stereocenters. The Kier molecular flexibility index (Phi) is 3.17. The fourth-order valence-electron chi connectivity index (χ4n) is 1.58. The zero-order valence-electron chi connectivity index (χ0n) is 8.77. The molecule has 0 bridgehead atoms. The van der Waals surface area contributed by atoms with E-state index < -0.39 is 5.24 Å². The minimum absolute atomic E-state index is 0.420. The molecule has 0 amide bonds. The lowest BCUT2D eigenvalue weighted by atomic mass is 9.99. The van der Waals surface area contributed by atoms with Crippen LogP contribution in [0.1, 0.15) is 27.0 Å². The van der Waals surface area contributed by atoms with Crippen molar-refractivity contribution in [2.24, 2.45) is 0 Å². The van der Waals surface area contributed by atoms with Gasteiger partial charge in [0.25, 0.3) is 5.24 Å². The molecule has 0 heterocycles. The maximum absolute atomic E-state index is 11.1. The van der Waals surface area contributed by atoms with Crippen LogP contribution < -0.4 is 4.74 Å². The Bertz CT molecular complexity index is 383. The topological polar surface area (TPSA) is 26.3 Å². The molecule has 0 aliphatic rings. The van der Waals surface area contributed by atoms with E-state index in [9.17, 15) is 4.79 Å².